The SMILES string of the molecule is C#CCCC(NN)c1coc2ccccc12. The van der Waals surface area contributed by atoms with Crippen LogP contribution in [0.4, 0.5) is 0 Å². The molecule has 3 nitrogen and oxygen atoms in total. The first-order valence-corrected chi connectivity index (χ1v) is 5.22. The van der Waals surface area contributed by atoms with Crippen molar-refractivity contribution in [2.24, 2.45) is 5.84 Å². The third-order valence-electron chi connectivity index (χ3n) is 2.66. The summed E-state index contributed by atoms with van der Waals surface area (Å²) >= 11 is 0. The Morgan fingerprint density at radius 3 is 3.00 bits per heavy atom. The molecule has 0 amide bonds. The summed E-state index contributed by atoms with van der Waals surface area (Å²) < 4.78 is 5.46. The fraction of sp³-hybridized carbons (Fsp3) is 0.231. The maximum Gasteiger partial charge on any atom is 0.134 e. The average Bonchev–Trinajstić information content (AvgIpc) is 2.75. The lowest BCUT2D eigenvalue weighted by molar-refractivity contribution is 0.514. The fourth-order valence-corrected chi connectivity index (χ4v) is 1.82. The third kappa shape index (κ3) is 1.94. The first-order valence-electron chi connectivity index (χ1n) is 5.22. The van der Waals surface area contributed by atoms with Gasteiger partial charge >= 0.3 is 0 Å². The van der Waals surface area contributed by atoms with Crippen LogP contribution in [-0.4, -0.2) is 0 Å². The van der Waals surface area contributed by atoms with Crippen molar-refractivity contribution in [3.05, 3.63) is 36.1 Å². The van der Waals surface area contributed by atoms with Gasteiger partial charge < -0.3 is 4.42 Å². The Hall–Kier alpha value is -1.76. The molecule has 1 aromatic carbocycles. The molecule has 3 N–H and O–H groups in total. The van der Waals surface area contributed by atoms with Crippen molar-refractivity contribution < 1.29 is 4.42 Å². The molecular formula is C13H14N2O. The summed E-state index contributed by atoms with van der Waals surface area (Å²) in [6, 6.07) is 7.93. The minimum atomic E-state index is 0.0414. The lowest BCUT2D eigenvalue weighted by atomic mass is 10.0. The zero-order valence-corrected chi connectivity index (χ0v) is 8.94. The zero-order chi connectivity index (χ0) is 11.4. The van der Waals surface area contributed by atoms with Crippen molar-refractivity contribution in [3.63, 3.8) is 0 Å². The van der Waals surface area contributed by atoms with Crippen LogP contribution in [0, 0.1) is 12.3 Å². The summed E-state index contributed by atoms with van der Waals surface area (Å²) in [5.41, 5.74) is 4.71. The molecule has 1 atom stereocenters. The highest BCUT2D eigenvalue weighted by Gasteiger charge is 2.14. The van der Waals surface area contributed by atoms with Gasteiger partial charge in [-0.25, -0.2) is 0 Å². The van der Waals surface area contributed by atoms with E-state index in [2.05, 4.69) is 11.3 Å². The smallest absolute Gasteiger partial charge is 0.134 e. The second kappa shape index (κ2) is 4.84. The summed E-state index contributed by atoms with van der Waals surface area (Å²) in [4.78, 5) is 0. The predicted octanol–water partition coefficient (Wildman–Crippen LogP) is 2.35. The van der Waals surface area contributed by atoms with E-state index in [1.165, 1.54) is 0 Å². The van der Waals surface area contributed by atoms with Gasteiger partial charge in [-0.2, -0.15) is 0 Å². The normalized spacial score (nSPS) is 12.5. The number of nitrogens with two attached hydrogens (primary N) is 1. The van der Waals surface area contributed by atoms with Gasteiger partial charge in [0.25, 0.3) is 0 Å². The van der Waals surface area contributed by atoms with E-state index in [4.69, 9.17) is 16.7 Å². The number of rotatable bonds is 4. The number of fused-ring (bicyclic) bond motifs is 1. The van der Waals surface area contributed by atoms with Gasteiger partial charge in [-0.1, -0.05) is 18.2 Å². The van der Waals surface area contributed by atoms with Crippen LogP contribution in [0.2, 0.25) is 0 Å². The molecule has 3 heteroatoms. The number of nitrogens with one attached hydrogen (secondary N) is 1. The highest BCUT2D eigenvalue weighted by atomic mass is 16.3. The van der Waals surface area contributed by atoms with Crippen LogP contribution < -0.4 is 11.3 Å². The second-order valence-electron chi connectivity index (χ2n) is 3.65. The highest BCUT2D eigenvalue weighted by Crippen LogP contribution is 2.28. The van der Waals surface area contributed by atoms with Crippen LogP contribution >= 0.6 is 0 Å². The van der Waals surface area contributed by atoms with E-state index in [1.807, 2.05) is 24.3 Å². The molecule has 0 aliphatic heterocycles. The average molecular weight is 214 g/mol. The summed E-state index contributed by atoms with van der Waals surface area (Å²) in [5, 5.41) is 1.09. The van der Waals surface area contributed by atoms with E-state index < -0.39 is 0 Å². The third-order valence-corrected chi connectivity index (χ3v) is 2.66. The molecule has 0 aliphatic rings. The summed E-state index contributed by atoms with van der Waals surface area (Å²) in [6.45, 7) is 0. The Balaban J connectivity index is 2.34. The van der Waals surface area contributed by atoms with Gasteiger partial charge in [0.1, 0.15) is 5.58 Å². The van der Waals surface area contributed by atoms with Crippen molar-refractivity contribution in [2.45, 2.75) is 18.9 Å². The van der Waals surface area contributed by atoms with Gasteiger partial charge in [0, 0.05) is 17.4 Å². The molecule has 1 heterocycles. The first kappa shape index (κ1) is 10.7. The van der Waals surface area contributed by atoms with Gasteiger partial charge in [0.15, 0.2) is 0 Å². The Morgan fingerprint density at radius 1 is 1.44 bits per heavy atom. The maximum absolute atomic E-state index is 5.54. The van der Waals surface area contributed by atoms with E-state index in [0.717, 1.165) is 23.0 Å². The van der Waals surface area contributed by atoms with Gasteiger partial charge in [0.05, 0.1) is 12.3 Å². The standard InChI is InChI=1S/C13H14N2O/c1-2-3-7-12(15-14)11-9-16-13-8-5-4-6-10(11)13/h1,4-6,8-9,12,15H,3,7,14H2. The molecule has 0 spiro atoms. The van der Waals surface area contributed by atoms with Crippen molar-refractivity contribution in [3.8, 4) is 12.3 Å². The molecule has 0 saturated carbocycles. The molecule has 0 fully saturated rings. The molecule has 0 radical (unpaired) electrons. The van der Waals surface area contributed by atoms with Gasteiger partial charge in [-0.15, -0.1) is 12.3 Å². The quantitative estimate of drug-likeness (QED) is 0.466. The number of benzene rings is 1. The van der Waals surface area contributed by atoms with Gasteiger partial charge in [0.2, 0.25) is 0 Å². The largest absolute Gasteiger partial charge is 0.464 e. The highest BCUT2D eigenvalue weighted by molar-refractivity contribution is 5.81. The second-order valence-corrected chi connectivity index (χ2v) is 3.65. The van der Waals surface area contributed by atoms with Crippen LogP contribution in [0.25, 0.3) is 11.0 Å². The Bertz CT molecular complexity index is 510. The summed E-state index contributed by atoms with van der Waals surface area (Å²) in [5.74, 6) is 8.15. The van der Waals surface area contributed by atoms with Crippen molar-refractivity contribution in [1.29, 1.82) is 0 Å². The van der Waals surface area contributed by atoms with Gasteiger partial charge in [-0.3, -0.25) is 11.3 Å². The van der Waals surface area contributed by atoms with E-state index in [0.29, 0.717) is 6.42 Å². The summed E-state index contributed by atoms with van der Waals surface area (Å²) in [6.07, 6.45) is 8.49. The van der Waals surface area contributed by atoms with Gasteiger partial charge in [-0.05, 0) is 12.5 Å². The van der Waals surface area contributed by atoms with Crippen LogP contribution in [0.5, 0.6) is 0 Å². The van der Waals surface area contributed by atoms with E-state index in [9.17, 15) is 0 Å². The van der Waals surface area contributed by atoms with Crippen molar-refractivity contribution >= 4 is 11.0 Å². The number of hydrogen-bond acceptors (Lipinski definition) is 3. The zero-order valence-electron chi connectivity index (χ0n) is 8.94. The number of hydrazine groups is 1. The number of para-hydroxylation sites is 1. The minimum Gasteiger partial charge on any atom is -0.464 e. The molecule has 0 aliphatic carbocycles. The Labute approximate surface area is 94.6 Å². The molecule has 0 bridgehead atoms. The number of furan rings is 1. The Kier molecular flexibility index (Phi) is 3.25. The molecule has 2 rings (SSSR count). The van der Waals surface area contributed by atoms with E-state index >= 15 is 0 Å². The van der Waals surface area contributed by atoms with Crippen LogP contribution in [0.3, 0.4) is 0 Å². The van der Waals surface area contributed by atoms with Crippen LogP contribution in [-0.2, 0) is 0 Å². The van der Waals surface area contributed by atoms with E-state index in [-0.39, 0.29) is 6.04 Å². The topological polar surface area (TPSA) is 51.2 Å². The molecule has 16 heavy (non-hydrogen) atoms. The first-order chi connectivity index (χ1) is 7.86. The van der Waals surface area contributed by atoms with Crippen molar-refractivity contribution in [2.75, 3.05) is 0 Å². The molecule has 2 aromatic rings. The summed E-state index contributed by atoms with van der Waals surface area (Å²) in [7, 11) is 0. The van der Waals surface area contributed by atoms with E-state index in [1.54, 1.807) is 6.26 Å². The molecule has 1 unspecified atom stereocenters. The number of hydrogen-bond donors (Lipinski definition) is 2. The lowest BCUT2D eigenvalue weighted by Crippen LogP contribution is -2.27. The van der Waals surface area contributed by atoms with Crippen LogP contribution in [0.1, 0.15) is 24.4 Å². The fourth-order valence-electron chi connectivity index (χ4n) is 1.82. The lowest BCUT2D eigenvalue weighted by Gasteiger charge is -2.12. The molecular weight excluding hydrogens is 200 g/mol. The predicted molar refractivity (Wildman–Crippen MR) is 64.3 cm³/mol. The van der Waals surface area contributed by atoms with Crippen molar-refractivity contribution in [1.82, 2.24) is 5.43 Å². The minimum absolute atomic E-state index is 0.0414. The maximum atomic E-state index is 5.54. The number of terminal acetylenes is 1. The molecule has 82 valence electrons. The Morgan fingerprint density at radius 2 is 2.25 bits per heavy atom. The monoisotopic (exact) mass is 214 g/mol. The van der Waals surface area contributed by atoms with Crippen LogP contribution in [0.15, 0.2) is 34.9 Å². The molecule has 0 saturated heterocycles. The molecule has 1 aromatic heterocycles.